The third-order valence-electron chi connectivity index (χ3n) is 9.49. The molecule has 2 atom stereocenters. The monoisotopic (exact) mass is 518 g/mol. The van der Waals surface area contributed by atoms with Crippen LogP contribution in [0.1, 0.15) is 60.6 Å². The molecule has 2 aliphatic carbocycles. The molecule has 6 rings (SSSR count). The third-order valence-corrected chi connectivity index (χ3v) is 9.49. The van der Waals surface area contributed by atoms with Crippen molar-refractivity contribution in [1.82, 2.24) is 0 Å². The van der Waals surface area contributed by atoms with Gasteiger partial charge in [0, 0.05) is 5.41 Å². The number of allylic oxidation sites excluding steroid dienone is 6. The van der Waals surface area contributed by atoms with Crippen molar-refractivity contribution in [2.75, 3.05) is 0 Å². The lowest BCUT2D eigenvalue weighted by Crippen LogP contribution is -2.28. The predicted molar refractivity (Wildman–Crippen MR) is 172 cm³/mol. The molecule has 0 aromatic heterocycles. The fraction of sp³-hybridized carbons (Fsp3) is 0.200. The van der Waals surface area contributed by atoms with E-state index in [9.17, 15) is 0 Å². The van der Waals surface area contributed by atoms with Crippen molar-refractivity contribution in [3.05, 3.63) is 167 Å². The molecule has 0 heterocycles. The first-order chi connectivity index (χ1) is 19.4. The van der Waals surface area contributed by atoms with Gasteiger partial charge in [0.05, 0.1) is 5.41 Å². The highest BCUT2D eigenvalue weighted by molar-refractivity contribution is 5.88. The first-order valence-electron chi connectivity index (χ1n) is 14.4. The van der Waals surface area contributed by atoms with E-state index >= 15 is 0 Å². The molecule has 0 saturated carbocycles. The van der Waals surface area contributed by atoms with E-state index in [1.165, 1.54) is 61.2 Å². The Kier molecular flexibility index (Phi) is 6.38. The highest BCUT2D eigenvalue weighted by atomic mass is 14.5. The van der Waals surface area contributed by atoms with E-state index in [1.807, 2.05) is 6.08 Å². The molecule has 40 heavy (non-hydrogen) atoms. The summed E-state index contributed by atoms with van der Waals surface area (Å²) in [6, 6.07) is 31.6. The predicted octanol–water partition coefficient (Wildman–Crippen LogP) is 10.4. The maximum Gasteiger partial charge on any atom is 0.0668 e. The minimum Gasteiger partial charge on any atom is -0.0991 e. The Hall–Kier alpha value is -4.16. The molecule has 4 aromatic rings. The first kappa shape index (κ1) is 26.1. The number of hydrogen-bond donors (Lipinski definition) is 0. The van der Waals surface area contributed by atoms with Crippen molar-refractivity contribution in [2.24, 2.45) is 0 Å². The van der Waals surface area contributed by atoms with Gasteiger partial charge in [-0.3, -0.25) is 0 Å². The Balaban J connectivity index is 1.52. The molecule has 0 nitrogen and oxygen atoms in total. The van der Waals surface area contributed by atoms with E-state index in [0.717, 1.165) is 18.4 Å². The molecule has 4 aromatic carbocycles. The van der Waals surface area contributed by atoms with Crippen LogP contribution in [0.2, 0.25) is 0 Å². The summed E-state index contributed by atoms with van der Waals surface area (Å²) < 4.78 is 0. The van der Waals surface area contributed by atoms with Crippen molar-refractivity contribution >= 4 is 0 Å². The highest BCUT2D eigenvalue weighted by Gasteiger charge is 2.47. The summed E-state index contributed by atoms with van der Waals surface area (Å²) in [5, 5.41) is 0. The molecule has 198 valence electrons. The van der Waals surface area contributed by atoms with Gasteiger partial charge in [0.2, 0.25) is 0 Å². The van der Waals surface area contributed by atoms with Gasteiger partial charge in [0.25, 0.3) is 0 Å². The molecular weight excluding hydrogens is 480 g/mol. The van der Waals surface area contributed by atoms with Crippen LogP contribution < -0.4 is 0 Å². The largest absolute Gasteiger partial charge is 0.0991 e. The van der Waals surface area contributed by atoms with Gasteiger partial charge in [-0.25, -0.2) is 0 Å². The molecular formula is C40H38. The summed E-state index contributed by atoms with van der Waals surface area (Å²) >= 11 is 0. The number of fused-ring (bicyclic) bond motifs is 6. The summed E-state index contributed by atoms with van der Waals surface area (Å²) in [4.78, 5) is 0. The minimum atomic E-state index is -0.407. The molecule has 2 aliphatic rings. The Labute approximate surface area is 240 Å². The van der Waals surface area contributed by atoms with E-state index in [-0.39, 0.29) is 5.41 Å². The van der Waals surface area contributed by atoms with E-state index < -0.39 is 5.41 Å². The van der Waals surface area contributed by atoms with Crippen LogP contribution >= 0.6 is 0 Å². The lowest BCUT2D eigenvalue weighted by Gasteiger charge is -2.35. The molecule has 0 N–H and O–H groups in total. The molecule has 0 aliphatic heterocycles. The van der Waals surface area contributed by atoms with Crippen LogP contribution in [0.15, 0.2) is 134 Å². The third kappa shape index (κ3) is 3.52. The van der Waals surface area contributed by atoms with Crippen LogP contribution in [0.3, 0.4) is 0 Å². The van der Waals surface area contributed by atoms with E-state index in [2.05, 4.69) is 144 Å². The first-order valence-corrected chi connectivity index (χ1v) is 14.4. The number of rotatable bonds is 7. The molecule has 0 bridgehead atoms. The van der Waals surface area contributed by atoms with Crippen molar-refractivity contribution < 1.29 is 0 Å². The summed E-state index contributed by atoms with van der Waals surface area (Å²) in [6.07, 6.45) is 10.4. The number of hydrogen-bond acceptors (Lipinski definition) is 0. The maximum absolute atomic E-state index is 4.65. The summed E-state index contributed by atoms with van der Waals surface area (Å²) in [5.74, 6) is 0. The fourth-order valence-electron chi connectivity index (χ4n) is 7.87. The van der Waals surface area contributed by atoms with E-state index in [4.69, 9.17) is 0 Å². The summed E-state index contributed by atoms with van der Waals surface area (Å²) in [5.41, 5.74) is 15.8. The second kappa shape index (κ2) is 9.79. The average Bonchev–Trinajstić information content (AvgIpc) is 3.41. The smallest absolute Gasteiger partial charge is 0.0668 e. The van der Waals surface area contributed by atoms with Crippen LogP contribution in [0, 0.1) is 6.92 Å². The molecule has 0 spiro atoms. The second-order valence-electron chi connectivity index (χ2n) is 11.6. The Bertz CT molecular complexity index is 1720. The Morgan fingerprint density at radius 2 is 1.45 bits per heavy atom. The van der Waals surface area contributed by atoms with Crippen LogP contribution in [-0.4, -0.2) is 0 Å². The Morgan fingerprint density at radius 3 is 2.20 bits per heavy atom. The summed E-state index contributed by atoms with van der Waals surface area (Å²) in [7, 11) is 0. The van der Waals surface area contributed by atoms with Gasteiger partial charge in [-0.05, 0) is 94.8 Å². The SMILES string of the molecule is C=CC=C(C)C1(C(=C)C=CC)c2ccccc2-c2c(CCC3(C)c4ccccc4-c4cccc(C)c43)cccc21. The molecule has 0 saturated heterocycles. The lowest BCUT2D eigenvalue weighted by molar-refractivity contribution is 0.530. The van der Waals surface area contributed by atoms with Crippen LogP contribution in [0.4, 0.5) is 0 Å². The maximum atomic E-state index is 4.65. The lowest BCUT2D eigenvalue weighted by atomic mass is 9.67. The van der Waals surface area contributed by atoms with Crippen molar-refractivity contribution in [1.29, 1.82) is 0 Å². The highest BCUT2D eigenvalue weighted by Crippen LogP contribution is 2.58. The van der Waals surface area contributed by atoms with E-state index in [0.29, 0.717) is 0 Å². The average molecular weight is 519 g/mol. The fourth-order valence-corrected chi connectivity index (χ4v) is 7.87. The van der Waals surface area contributed by atoms with Crippen molar-refractivity contribution in [2.45, 2.75) is 51.4 Å². The van der Waals surface area contributed by atoms with Crippen LogP contribution in [0.25, 0.3) is 22.3 Å². The normalized spacial score (nSPS) is 20.6. The van der Waals surface area contributed by atoms with Gasteiger partial charge in [-0.2, -0.15) is 0 Å². The van der Waals surface area contributed by atoms with Gasteiger partial charge in [0.15, 0.2) is 0 Å². The van der Waals surface area contributed by atoms with Gasteiger partial charge in [-0.1, -0.05) is 135 Å². The Morgan fingerprint density at radius 1 is 0.800 bits per heavy atom. The van der Waals surface area contributed by atoms with Gasteiger partial charge >= 0.3 is 0 Å². The number of aryl methyl sites for hydroxylation is 2. The van der Waals surface area contributed by atoms with Gasteiger partial charge in [0.1, 0.15) is 0 Å². The molecule has 0 heteroatoms. The van der Waals surface area contributed by atoms with Crippen molar-refractivity contribution in [3.63, 3.8) is 0 Å². The molecule has 0 radical (unpaired) electrons. The van der Waals surface area contributed by atoms with E-state index in [1.54, 1.807) is 0 Å². The zero-order valence-corrected chi connectivity index (χ0v) is 24.2. The van der Waals surface area contributed by atoms with Crippen LogP contribution in [-0.2, 0) is 17.3 Å². The zero-order chi connectivity index (χ0) is 28.1. The number of benzene rings is 4. The standard InChI is InChI=1S/C40H38/c1-7-15-28(4)40(29(5)16-8-2)35-23-12-10-20-33(35)37-30(18-14-24-36(37)40)25-26-39(6)34-22-11-9-19-31(34)32-21-13-17-27(3)38(32)39/h7-24H,1,5,25-26H2,2-4,6H3. The second-order valence-corrected chi connectivity index (χ2v) is 11.6. The van der Waals surface area contributed by atoms with Gasteiger partial charge < -0.3 is 0 Å². The molecule has 2 unspecified atom stereocenters. The van der Waals surface area contributed by atoms with Crippen LogP contribution in [0.5, 0.6) is 0 Å². The summed E-state index contributed by atoms with van der Waals surface area (Å²) in [6.45, 7) is 17.7. The van der Waals surface area contributed by atoms with Gasteiger partial charge in [-0.15, -0.1) is 0 Å². The quantitative estimate of drug-likeness (QED) is 0.213. The van der Waals surface area contributed by atoms with Crippen molar-refractivity contribution in [3.8, 4) is 22.3 Å². The zero-order valence-electron chi connectivity index (χ0n) is 24.2. The molecule has 0 amide bonds. The topological polar surface area (TPSA) is 0 Å². The minimum absolute atomic E-state index is 0.0393. The molecule has 0 fully saturated rings.